The molecule has 102 valence electrons. The van der Waals surface area contributed by atoms with Gasteiger partial charge in [-0.2, -0.15) is 11.3 Å². The molecule has 0 bridgehead atoms. The molecule has 0 radical (unpaired) electrons. The van der Waals surface area contributed by atoms with Gasteiger partial charge in [0.2, 0.25) is 0 Å². The molecule has 0 saturated carbocycles. The number of nitrogens with one attached hydrogen (secondary N) is 1. The van der Waals surface area contributed by atoms with Crippen molar-refractivity contribution in [1.29, 1.82) is 0 Å². The van der Waals surface area contributed by atoms with Crippen molar-refractivity contribution in [2.45, 2.75) is 51.1 Å². The van der Waals surface area contributed by atoms with Crippen LogP contribution in [0.4, 0.5) is 0 Å². The molecule has 0 amide bonds. The minimum atomic E-state index is 0.140. The van der Waals surface area contributed by atoms with Crippen LogP contribution < -0.4 is 11.3 Å². The van der Waals surface area contributed by atoms with E-state index in [0.717, 1.165) is 12.8 Å². The second kappa shape index (κ2) is 6.15. The highest BCUT2D eigenvalue weighted by Crippen LogP contribution is 2.26. The van der Waals surface area contributed by atoms with Gasteiger partial charge >= 0.3 is 0 Å². The first-order chi connectivity index (χ1) is 8.64. The number of hydrogen-bond acceptors (Lipinski definition) is 4. The fourth-order valence-electron chi connectivity index (χ4n) is 2.90. The summed E-state index contributed by atoms with van der Waals surface area (Å²) in [5.74, 6) is 5.79. The van der Waals surface area contributed by atoms with Crippen LogP contribution in [0.3, 0.4) is 0 Å². The Balaban J connectivity index is 1.94. The average Bonchev–Trinajstić information content (AvgIpc) is 3.03. The van der Waals surface area contributed by atoms with Gasteiger partial charge in [0.15, 0.2) is 0 Å². The van der Waals surface area contributed by atoms with Crippen molar-refractivity contribution in [3.8, 4) is 0 Å². The van der Waals surface area contributed by atoms with Crippen LogP contribution >= 0.6 is 11.3 Å². The Hall–Kier alpha value is -0.420. The maximum Gasteiger partial charge on any atom is 0.0392 e. The van der Waals surface area contributed by atoms with Crippen molar-refractivity contribution in [3.63, 3.8) is 0 Å². The summed E-state index contributed by atoms with van der Waals surface area (Å²) in [6, 6.07) is 2.55. The Morgan fingerprint density at radius 2 is 2.17 bits per heavy atom. The van der Waals surface area contributed by atoms with Gasteiger partial charge in [0.05, 0.1) is 0 Å². The zero-order valence-electron chi connectivity index (χ0n) is 11.5. The SMILES string of the molecule is CC(C)(C(CCc1ccsc1)NN)N1CCCC1. The standard InChI is InChI=1S/C14H25N3S/c1-14(2,17-8-3-4-9-17)13(16-15)6-5-12-7-10-18-11-12/h7,10-11,13,16H,3-6,8-9,15H2,1-2H3. The summed E-state index contributed by atoms with van der Waals surface area (Å²) in [6.07, 6.45) is 4.85. The number of rotatable bonds is 6. The lowest BCUT2D eigenvalue weighted by molar-refractivity contribution is 0.103. The topological polar surface area (TPSA) is 41.3 Å². The molecule has 18 heavy (non-hydrogen) atoms. The van der Waals surface area contributed by atoms with Gasteiger partial charge in [0, 0.05) is 11.6 Å². The first-order valence-electron chi connectivity index (χ1n) is 6.87. The monoisotopic (exact) mass is 267 g/mol. The van der Waals surface area contributed by atoms with Crippen LogP contribution in [0, 0.1) is 0 Å². The number of hydrogen-bond donors (Lipinski definition) is 2. The second-order valence-electron chi connectivity index (χ2n) is 5.74. The van der Waals surface area contributed by atoms with Gasteiger partial charge in [-0.1, -0.05) is 0 Å². The Kier molecular flexibility index (Phi) is 4.78. The molecule has 1 unspecified atom stereocenters. The van der Waals surface area contributed by atoms with Crippen LogP contribution in [0.15, 0.2) is 16.8 Å². The molecule has 1 fully saturated rings. The lowest BCUT2D eigenvalue weighted by atomic mass is 9.89. The molecule has 1 atom stereocenters. The summed E-state index contributed by atoms with van der Waals surface area (Å²) in [5, 5.41) is 4.38. The maximum absolute atomic E-state index is 5.79. The van der Waals surface area contributed by atoms with Gasteiger partial charge in [-0.25, -0.2) is 0 Å². The van der Waals surface area contributed by atoms with Gasteiger partial charge < -0.3 is 0 Å². The van der Waals surface area contributed by atoms with Crippen molar-refractivity contribution < 1.29 is 0 Å². The van der Waals surface area contributed by atoms with E-state index in [9.17, 15) is 0 Å². The number of nitrogens with two attached hydrogens (primary N) is 1. The molecule has 2 rings (SSSR count). The van der Waals surface area contributed by atoms with E-state index >= 15 is 0 Å². The second-order valence-corrected chi connectivity index (χ2v) is 6.52. The maximum atomic E-state index is 5.79. The van der Waals surface area contributed by atoms with E-state index < -0.39 is 0 Å². The highest BCUT2D eigenvalue weighted by Gasteiger charge is 2.35. The molecule has 1 aliphatic rings. The van der Waals surface area contributed by atoms with E-state index in [4.69, 9.17) is 5.84 Å². The molecule has 4 heteroatoms. The minimum absolute atomic E-state index is 0.140. The summed E-state index contributed by atoms with van der Waals surface area (Å²) in [4.78, 5) is 2.57. The molecule has 1 aromatic heterocycles. The van der Waals surface area contributed by atoms with E-state index in [1.54, 1.807) is 11.3 Å². The fourth-order valence-corrected chi connectivity index (χ4v) is 3.60. The van der Waals surface area contributed by atoms with Crippen molar-refractivity contribution >= 4 is 11.3 Å². The summed E-state index contributed by atoms with van der Waals surface area (Å²) >= 11 is 1.77. The summed E-state index contributed by atoms with van der Waals surface area (Å²) in [6.45, 7) is 7.06. The molecule has 0 spiro atoms. The van der Waals surface area contributed by atoms with Gasteiger partial charge in [-0.3, -0.25) is 16.2 Å². The Morgan fingerprint density at radius 3 is 2.72 bits per heavy atom. The van der Waals surface area contributed by atoms with Gasteiger partial charge in [0.25, 0.3) is 0 Å². The van der Waals surface area contributed by atoms with E-state index in [-0.39, 0.29) is 5.54 Å². The van der Waals surface area contributed by atoms with Crippen molar-refractivity contribution in [3.05, 3.63) is 22.4 Å². The minimum Gasteiger partial charge on any atom is -0.297 e. The predicted molar refractivity (Wildman–Crippen MR) is 78.6 cm³/mol. The molecule has 3 N–H and O–H groups in total. The number of nitrogens with zero attached hydrogens (tertiary/aromatic N) is 1. The van der Waals surface area contributed by atoms with E-state index in [1.165, 1.54) is 31.5 Å². The number of aryl methyl sites for hydroxylation is 1. The van der Waals surface area contributed by atoms with Crippen LogP contribution in [-0.2, 0) is 6.42 Å². The molecule has 0 aliphatic carbocycles. The number of likely N-dealkylation sites (tertiary alicyclic amines) is 1. The lowest BCUT2D eigenvalue weighted by Gasteiger charge is -2.42. The molecule has 1 aromatic rings. The Morgan fingerprint density at radius 1 is 1.44 bits per heavy atom. The summed E-state index contributed by atoms with van der Waals surface area (Å²) in [5.41, 5.74) is 4.61. The largest absolute Gasteiger partial charge is 0.297 e. The van der Waals surface area contributed by atoms with Gasteiger partial charge in [-0.15, -0.1) is 0 Å². The normalized spacial score (nSPS) is 19.3. The highest BCUT2D eigenvalue weighted by molar-refractivity contribution is 7.07. The molecule has 1 aliphatic heterocycles. The molecule has 0 aromatic carbocycles. The van der Waals surface area contributed by atoms with Gasteiger partial charge in [0.1, 0.15) is 0 Å². The lowest BCUT2D eigenvalue weighted by Crippen LogP contribution is -2.58. The average molecular weight is 267 g/mol. The quantitative estimate of drug-likeness (QED) is 0.614. The zero-order chi connectivity index (χ0) is 13.0. The Bertz CT molecular complexity index is 342. The van der Waals surface area contributed by atoms with Crippen LogP contribution in [0.5, 0.6) is 0 Å². The summed E-state index contributed by atoms with van der Waals surface area (Å²) < 4.78 is 0. The zero-order valence-corrected chi connectivity index (χ0v) is 12.3. The van der Waals surface area contributed by atoms with Crippen LogP contribution in [-0.4, -0.2) is 29.6 Å². The van der Waals surface area contributed by atoms with Crippen LogP contribution in [0.25, 0.3) is 0 Å². The van der Waals surface area contributed by atoms with Crippen LogP contribution in [0.1, 0.15) is 38.7 Å². The van der Waals surface area contributed by atoms with E-state index in [1.807, 2.05) is 0 Å². The first kappa shape index (κ1) is 14.0. The molecular weight excluding hydrogens is 242 g/mol. The molecular formula is C14H25N3S. The van der Waals surface area contributed by atoms with Crippen molar-refractivity contribution in [1.82, 2.24) is 10.3 Å². The third-order valence-electron chi connectivity index (χ3n) is 4.28. The number of thiophene rings is 1. The third kappa shape index (κ3) is 3.12. The first-order valence-corrected chi connectivity index (χ1v) is 7.81. The molecule has 3 nitrogen and oxygen atoms in total. The van der Waals surface area contributed by atoms with E-state index in [2.05, 4.69) is 41.0 Å². The third-order valence-corrected chi connectivity index (χ3v) is 5.01. The van der Waals surface area contributed by atoms with Crippen LogP contribution in [0.2, 0.25) is 0 Å². The smallest absolute Gasteiger partial charge is 0.0392 e. The van der Waals surface area contributed by atoms with Gasteiger partial charge in [-0.05, 0) is 75.0 Å². The molecule has 2 heterocycles. The number of hydrazine groups is 1. The Labute approximate surface area is 114 Å². The fraction of sp³-hybridized carbons (Fsp3) is 0.714. The predicted octanol–water partition coefficient (Wildman–Crippen LogP) is 2.39. The van der Waals surface area contributed by atoms with Crippen molar-refractivity contribution in [2.75, 3.05) is 13.1 Å². The van der Waals surface area contributed by atoms with Crippen molar-refractivity contribution in [2.24, 2.45) is 5.84 Å². The van der Waals surface area contributed by atoms with E-state index in [0.29, 0.717) is 6.04 Å². The summed E-state index contributed by atoms with van der Waals surface area (Å²) in [7, 11) is 0. The highest BCUT2D eigenvalue weighted by atomic mass is 32.1. The molecule has 1 saturated heterocycles.